The van der Waals surface area contributed by atoms with Crippen LogP contribution in [0, 0.1) is 0 Å². The summed E-state index contributed by atoms with van der Waals surface area (Å²) in [5.74, 6) is 0.895. The molecule has 1 aromatic heterocycles. The lowest BCUT2D eigenvalue weighted by molar-refractivity contribution is -0.119. The molecule has 92 valence electrons. The number of rotatable bonds is 2. The fourth-order valence-corrected chi connectivity index (χ4v) is 1.86. The number of nitrogens with one attached hydrogen (secondary N) is 1. The zero-order chi connectivity index (χ0) is 12.3. The molecule has 1 aliphatic heterocycles. The number of aromatic nitrogens is 1. The standard InChI is InChI=1S/C12H18N4O/c1-9(13)10-3-4-11(15-7-10)16-6-2-5-14-12(17)8-16/h3-4,7,9H,2,5-6,8,13H2,1H3,(H,14,17)/t9-/m0/s1. The highest BCUT2D eigenvalue weighted by Gasteiger charge is 2.15. The van der Waals surface area contributed by atoms with E-state index in [0.717, 1.165) is 30.9 Å². The highest BCUT2D eigenvalue weighted by Crippen LogP contribution is 2.15. The molecule has 1 saturated heterocycles. The highest BCUT2D eigenvalue weighted by molar-refractivity contribution is 5.81. The molecule has 0 spiro atoms. The summed E-state index contributed by atoms with van der Waals surface area (Å²) in [6.07, 6.45) is 2.73. The Hall–Kier alpha value is -1.62. The van der Waals surface area contributed by atoms with Crippen LogP contribution >= 0.6 is 0 Å². The van der Waals surface area contributed by atoms with E-state index in [0.29, 0.717) is 6.54 Å². The van der Waals surface area contributed by atoms with Crippen molar-refractivity contribution in [3.05, 3.63) is 23.9 Å². The van der Waals surface area contributed by atoms with Crippen molar-refractivity contribution in [1.82, 2.24) is 10.3 Å². The summed E-state index contributed by atoms with van der Waals surface area (Å²) in [5, 5.41) is 2.85. The Morgan fingerprint density at radius 2 is 2.35 bits per heavy atom. The van der Waals surface area contributed by atoms with Crippen LogP contribution in [-0.4, -0.2) is 30.5 Å². The first-order valence-corrected chi connectivity index (χ1v) is 5.90. The Bertz CT molecular complexity index is 388. The van der Waals surface area contributed by atoms with Crippen LogP contribution in [0.4, 0.5) is 5.82 Å². The van der Waals surface area contributed by atoms with Crippen molar-refractivity contribution in [1.29, 1.82) is 0 Å². The van der Waals surface area contributed by atoms with Gasteiger partial charge in [-0.05, 0) is 25.0 Å². The van der Waals surface area contributed by atoms with E-state index >= 15 is 0 Å². The van der Waals surface area contributed by atoms with Gasteiger partial charge < -0.3 is 16.0 Å². The van der Waals surface area contributed by atoms with Crippen molar-refractivity contribution in [2.45, 2.75) is 19.4 Å². The number of anilines is 1. The van der Waals surface area contributed by atoms with Crippen LogP contribution in [-0.2, 0) is 4.79 Å². The minimum absolute atomic E-state index is 0.0102. The zero-order valence-electron chi connectivity index (χ0n) is 10.0. The van der Waals surface area contributed by atoms with Crippen molar-refractivity contribution in [2.75, 3.05) is 24.5 Å². The molecule has 0 radical (unpaired) electrons. The second kappa shape index (κ2) is 5.14. The Morgan fingerprint density at radius 3 is 3.00 bits per heavy atom. The van der Waals surface area contributed by atoms with E-state index in [2.05, 4.69) is 10.3 Å². The molecule has 17 heavy (non-hydrogen) atoms. The van der Waals surface area contributed by atoms with Crippen LogP contribution in [0.2, 0.25) is 0 Å². The van der Waals surface area contributed by atoms with Gasteiger partial charge in [-0.3, -0.25) is 4.79 Å². The normalized spacial score (nSPS) is 18.5. The van der Waals surface area contributed by atoms with Crippen LogP contribution in [0.25, 0.3) is 0 Å². The average molecular weight is 234 g/mol. The van der Waals surface area contributed by atoms with Gasteiger partial charge in [-0.1, -0.05) is 6.07 Å². The van der Waals surface area contributed by atoms with Crippen LogP contribution in [0.1, 0.15) is 24.9 Å². The van der Waals surface area contributed by atoms with Gasteiger partial charge in [0.25, 0.3) is 0 Å². The molecule has 3 N–H and O–H groups in total. The summed E-state index contributed by atoms with van der Waals surface area (Å²) >= 11 is 0. The first-order chi connectivity index (χ1) is 8.16. The van der Waals surface area contributed by atoms with Crippen molar-refractivity contribution in [3.8, 4) is 0 Å². The molecular weight excluding hydrogens is 216 g/mol. The molecule has 5 nitrogen and oxygen atoms in total. The Morgan fingerprint density at radius 1 is 1.53 bits per heavy atom. The minimum Gasteiger partial charge on any atom is -0.354 e. The fourth-order valence-electron chi connectivity index (χ4n) is 1.86. The van der Waals surface area contributed by atoms with Gasteiger partial charge in [0.05, 0.1) is 6.54 Å². The Balaban J connectivity index is 2.12. The number of amides is 1. The molecule has 1 atom stereocenters. The van der Waals surface area contributed by atoms with Crippen molar-refractivity contribution in [2.24, 2.45) is 5.73 Å². The molecule has 2 rings (SSSR count). The van der Waals surface area contributed by atoms with Gasteiger partial charge in [0.15, 0.2) is 0 Å². The van der Waals surface area contributed by atoms with E-state index in [4.69, 9.17) is 5.73 Å². The zero-order valence-corrected chi connectivity index (χ0v) is 10.0. The summed E-state index contributed by atoms with van der Waals surface area (Å²) in [7, 11) is 0. The largest absolute Gasteiger partial charge is 0.354 e. The van der Waals surface area contributed by atoms with Gasteiger partial charge in [0, 0.05) is 25.3 Å². The SMILES string of the molecule is C[C@H](N)c1ccc(N2CCCNC(=O)C2)nc1. The van der Waals surface area contributed by atoms with E-state index in [1.165, 1.54) is 0 Å². The number of carbonyl (C=O) groups is 1. The third kappa shape index (κ3) is 2.94. The van der Waals surface area contributed by atoms with E-state index < -0.39 is 0 Å². The van der Waals surface area contributed by atoms with E-state index in [1.54, 1.807) is 6.20 Å². The maximum absolute atomic E-state index is 11.4. The van der Waals surface area contributed by atoms with Gasteiger partial charge in [-0.15, -0.1) is 0 Å². The van der Waals surface area contributed by atoms with E-state index in [1.807, 2.05) is 24.0 Å². The van der Waals surface area contributed by atoms with Crippen molar-refractivity contribution < 1.29 is 4.79 Å². The summed E-state index contributed by atoms with van der Waals surface area (Å²) < 4.78 is 0. The van der Waals surface area contributed by atoms with Crippen LogP contribution in [0.5, 0.6) is 0 Å². The Labute approximate surface area is 101 Å². The lowest BCUT2D eigenvalue weighted by atomic mass is 10.1. The molecule has 0 unspecified atom stereocenters. The van der Waals surface area contributed by atoms with Crippen LogP contribution in [0.3, 0.4) is 0 Å². The summed E-state index contributed by atoms with van der Waals surface area (Å²) in [6.45, 7) is 3.90. The monoisotopic (exact) mass is 234 g/mol. The predicted octanol–water partition coefficient (Wildman–Crippen LogP) is 0.428. The van der Waals surface area contributed by atoms with E-state index in [-0.39, 0.29) is 11.9 Å². The average Bonchev–Trinajstić information content (AvgIpc) is 2.54. The minimum atomic E-state index is -0.0102. The lowest BCUT2D eigenvalue weighted by Crippen LogP contribution is -2.33. The third-order valence-electron chi connectivity index (χ3n) is 2.88. The molecule has 0 aliphatic carbocycles. The summed E-state index contributed by atoms with van der Waals surface area (Å²) in [4.78, 5) is 17.8. The number of hydrogen-bond donors (Lipinski definition) is 2. The molecule has 0 aromatic carbocycles. The molecule has 0 saturated carbocycles. The molecule has 5 heteroatoms. The topological polar surface area (TPSA) is 71.2 Å². The predicted molar refractivity (Wildman–Crippen MR) is 66.7 cm³/mol. The summed E-state index contributed by atoms with van der Waals surface area (Å²) in [6, 6.07) is 3.89. The quantitative estimate of drug-likeness (QED) is 0.778. The summed E-state index contributed by atoms with van der Waals surface area (Å²) in [5.41, 5.74) is 6.78. The van der Waals surface area contributed by atoms with Gasteiger partial charge in [-0.25, -0.2) is 4.98 Å². The first-order valence-electron chi connectivity index (χ1n) is 5.90. The van der Waals surface area contributed by atoms with Gasteiger partial charge >= 0.3 is 0 Å². The number of nitrogens with zero attached hydrogens (tertiary/aromatic N) is 2. The molecule has 1 aromatic rings. The number of pyridine rings is 1. The molecule has 2 heterocycles. The molecule has 1 fully saturated rings. The Kier molecular flexibility index (Phi) is 3.58. The lowest BCUT2D eigenvalue weighted by Gasteiger charge is -2.20. The van der Waals surface area contributed by atoms with Crippen LogP contribution < -0.4 is 16.0 Å². The van der Waals surface area contributed by atoms with Gasteiger partial charge in [0.2, 0.25) is 5.91 Å². The maximum atomic E-state index is 11.4. The molecule has 0 bridgehead atoms. The third-order valence-corrected chi connectivity index (χ3v) is 2.88. The van der Waals surface area contributed by atoms with Gasteiger partial charge in [0.1, 0.15) is 5.82 Å². The fraction of sp³-hybridized carbons (Fsp3) is 0.500. The molecule has 1 aliphatic rings. The van der Waals surface area contributed by atoms with Crippen LogP contribution in [0.15, 0.2) is 18.3 Å². The van der Waals surface area contributed by atoms with Crippen molar-refractivity contribution >= 4 is 11.7 Å². The maximum Gasteiger partial charge on any atom is 0.239 e. The van der Waals surface area contributed by atoms with Gasteiger partial charge in [-0.2, -0.15) is 0 Å². The second-order valence-corrected chi connectivity index (χ2v) is 4.36. The molecular formula is C12H18N4O. The molecule has 1 amide bonds. The van der Waals surface area contributed by atoms with Crippen molar-refractivity contribution in [3.63, 3.8) is 0 Å². The number of nitrogens with two attached hydrogens (primary N) is 1. The van der Waals surface area contributed by atoms with E-state index in [9.17, 15) is 4.79 Å². The first kappa shape index (κ1) is 11.9. The smallest absolute Gasteiger partial charge is 0.239 e. The number of carbonyl (C=O) groups excluding carboxylic acids is 1. The highest BCUT2D eigenvalue weighted by atomic mass is 16.2. The second-order valence-electron chi connectivity index (χ2n) is 4.36. The number of hydrogen-bond acceptors (Lipinski definition) is 4.